The van der Waals surface area contributed by atoms with Gasteiger partial charge < -0.3 is 14.8 Å². The Kier molecular flexibility index (Phi) is 5.24. The van der Waals surface area contributed by atoms with Crippen LogP contribution >= 0.6 is 0 Å². The number of hydrogen-bond donors (Lipinski definition) is 2. The van der Waals surface area contributed by atoms with Gasteiger partial charge in [-0.05, 0) is 19.9 Å². The lowest BCUT2D eigenvalue weighted by Crippen LogP contribution is -2.46. The van der Waals surface area contributed by atoms with Crippen molar-refractivity contribution in [3.63, 3.8) is 0 Å². The Morgan fingerprint density at radius 1 is 1.33 bits per heavy atom. The molecule has 2 aromatic heterocycles. The van der Waals surface area contributed by atoms with Crippen molar-refractivity contribution < 1.29 is 9.84 Å². The molecular formula is C20H27N5O2. The van der Waals surface area contributed by atoms with Crippen molar-refractivity contribution in [2.45, 2.75) is 39.0 Å². The molecule has 4 rings (SSSR count). The molecule has 3 heterocycles. The SMILES string of the molecule is CC(C)N1CCO[C@@H](Cc2nc(-c3c[nH]c4ccccc34)nn2CCO)C1. The minimum absolute atomic E-state index is 0.0350. The van der Waals surface area contributed by atoms with E-state index in [1.165, 1.54) is 0 Å². The van der Waals surface area contributed by atoms with Crippen LogP contribution in [-0.4, -0.2) is 68.2 Å². The molecule has 3 aromatic rings. The van der Waals surface area contributed by atoms with Crippen LogP contribution in [0.15, 0.2) is 30.5 Å². The van der Waals surface area contributed by atoms with Crippen molar-refractivity contribution in [2.75, 3.05) is 26.3 Å². The molecule has 27 heavy (non-hydrogen) atoms. The van der Waals surface area contributed by atoms with E-state index in [1.54, 1.807) is 0 Å². The van der Waals surface area contributed by atoms with Gasteiger partial charge in [-0.3, -0.25) is 4.90 Å². The van der Waals surface area contributed by atoms with E-state index in [-0.39, 0.29) is 12.7 Å². The van der Waals surface area contributed by atoms with Gasteiger partial charge in [0.15, 0.2) is 5.82 Å². The van der Waals surface area contributed by atoms with Gasteiger partial charge in [-0.2, -0.15) is 5.10 Å². The number of nitrogens with zero attached hydrogens (tertiary/aromatic N) is 4. The molecule has 0 unspecified atom stereocenters. The zero-order chi connectivity index (χ0) is 18.8. The molecule has 1 fully saturated rings. The molecule has 1 aliphatic heterocycles. The lowest BCUT2D eigenvalue weighted by molar-refractivity contribution is -0.0390. The summed E-state index contributed by atoms with van der Waals surface area (Å²) in [6.07, 6.45) is 2.74. The fourth-order valence-corrected chi connectivity index (χ4v) is 3.71. The second-order valence-electron chi connectivity index (χ2n) is 7.33. The molecule has 0 spiro atoms. The first kappa shape index (κ1) is 18.2. The maximum atomic E-state index is 9.44. The normalized spacial score (nSPS) is 18.6. The number of benzene rings is 1. The molecule has 0 amide bonds. The van der Waals surface area contributed by atoms with Crippen LogP contribution in [0.4, 0.5) is 0 Å². The van der Waals surface area contributed by atoms with Crippen LogP contribution < -0.4 is 0 Å². The van der Waals surface area contributed by atoms with Gasteiger partial charge in [0.25, 0.3) is 0 Å². The molecule has 1 atom stereocenters. The number of H-pyrrole nitrogens is 1. The molecule has 7 heteroatoms. The van der Waals surface area contributed by atoms with E-state index in [2.05, 4.69) is 34.9 Å². The predicted octanol–water partition coefficient (Wildman–Crippen LogP) is 2.07. The van der Waals surface area contributed by atoms with Crippen molar-refractivity contribution in [1.29, 1.82) is 0 Å². The number of hydrogen-bond acceptors (Lipinski definition) is 5. The van der Waals surface area contributed by atoms with Gasteiger partial charge in [0.05, 0.1) is 25.9 Å². The second-order valence-corrected chi connectivity index (χ2v) is 7.33. The minimum Gasteiger partial charge on any atom is -0.394 e. The maximum absolute atomic E-state index is 9.44. The van der Waals surface area contributed by atoms with Crippen molar-refractivity contribution in [3.05, 3.63) is 36.3 Å². The zero-order valence-corrected chi connectivity index (χ0v) is 15.9. The van der Waals surface area contributed by atoms with E-state index in [4.69, 9.17) is 9.72 Å². The fraction of sp³-hybridized carbons (Fsp3) is 0.500. The van der Waals surface area contributed by atoms with Crippen molar-refractivity contribution in [1.82, 2.24) is 24.6 Å². The molecule has 0 saturated carbocycles. The topological polar surface area (TPSA) is 79.2 Å². The molecule has 144 valence electrons. The Morgan fingerprint density at radius 3 is 3.00 bits per heavy atom. The van der Waals surface area contributed by atoms with E-state index < -0.39 is 0 Å². The molecule has 0 bridgehead atoms. The summed E-state index contributed by atoms with van der Waals surface area (Å²) in [7, 11) is 0. The first-order chi connectivity index (χ1) is 13.2. The van der Waals surface area contributed by atoms with E-state index in [9.17, 15) is 5.11 Å². The van der Waals surface area contributed by atoms with Gasteiger partial charge in [0.2, 0.25) is 0 Å². The Balaban J connectivity index is 1.61. The third-order valence-corrected chi connectivity index (χ3v) is 5.20. The van der Waals surface area contributed by atoms with Crippen LogP contribution in [0.25, 0.3) is 22.3 Å². The minimum atomic E-state index is 0.0350. The average Bonchev–Trinajstić information content (AvgIpc) is 3.26. The molecular weight excluding hydrogens is 342 g/mol. The summed E-state index contributed by atoms with van der Waals surface area (Å²) >= 11 is 0. The van der Waals surface area contributed by atoms with Gasteiger partial charge >= 0.3 is 0 Å². The summed E-state index contributed by atoms with van der Waals surface area (Å²) in [5.74, 6) is 1.55. The van der Waals surface area contributed by atoms with Crippen molar-refractivity contribution in [2.24, 2.45) is 0 Å². The highest BCUT2D eigenvalue weighted by molar-refractivity contribution is 5.93. The summed E-state index contributed by atoms with van der Waals surface area (Å²) in [4.78, 5) is 10.5. The van der Waals surface area contributed by atoms with Crippen molar-refractivity contribution >= 4 is 10.9 Å². The highest BCUT2D eigenvalue weighted by atomic mass is 16.5. The highest BCUT2D eigenvalue weighted by Crippen LogP contribution is 2.26. The number of aliphatic hydroxyl groups is 1. The highest BCUT2D eigenvalue weighted by Gasteiger charge is 2.25. The van der Waals surface area contributed by atoms with Gasteiger partial charge in [-0.25, -0.2) is 9.67 Å². The van der Waals surface area contributed by atoms with E-state index >= 15 is 0 Å². The second kappa shape index (κ2) is 7.80. The van der Waals surface area contributed by atoms with Crippen LogP contribution in [0.1, 0.15) is 19.7 Å². The van der Waals surface area contributed by atoms with Crippen LogP contribution in [0.3, 0.4) is 0 Å². The summed E-state index contributed by atoms with van der Waals surface area (Å²) < 4.78 is 7.79. The Morgan fingerprint density at radius 2 is 2.19 bits per heavy atom. The molecule has 1 aromatic carbocycles. The first-order valence-electron chi connectivity index (χ1n) is 9.62. The van der Waals surface area contributed by atoms with Gasteiger partial charge in [0.1, 0.15) is 5.82 Å². The average molecular weight is 369 g/mol. The summed E-state index contributed by atoms with van der Waals surface area (Å²) in [5, 5.41) is 15.2. The molecule has 1 aliphatic rings. The Hall–Kier alpha value is -2.22. The third-order valence-electron chi connectivity index (χ3n) is 5.20. The predicted molar refractivity (Wildman–Crippen MR) is 105 cm³/mol. The van der Waals surface area contributed by atoms with Gasteiger partial charge in [-0.1, -0.05) is 18.2 Å². The lowest BCUT2D eigenvalue weighted by Gasteiger charge is -2.35. The Bertz CT molecular complexity index is 901. The number of ether oxygens (including phenoxy) is 1. The first-order valence-corrected chi connectivity index (χ1v) is 9.62. The number of fused-ring (bicyclic) bond motifs is 1. The molecule has 7 nitrogen and oxygen atoms in total. The standard InChI is InChI=1S/C20H27N5O2/c1-14(2)24-8-10-27-15(13-24)11-19-22-20(23-25(19)7-9-26)17-12-21-18-6-4-3-5-16(17)18/h3-6,12,14-15,21,26H,7-11,13H2,1-2H3/t15-/m0/s1. The number of rotatable bonds is 6. The third kappa shape index (κ3) is 3.76. The van der Waals surface area contributed by atoms with E-state index in [0.717, 1.165) is 42.0 Å². The van der Waals surface area contributed by atoms with Crippen LogP contribution in [-0.2, 0) is 17.7 Å². The fourth-order valence-electron chi connectivity index (χ4n) is 3.71. The number of aromatic nitrogens is 4. The van der Waals surface area contributed by atoms with Crippen LogP contribution in [0.5, 0.6) is 0 Å². The van der Waals surface area contributed by atoms with Crippen molar-refractivity contribution in [3.8, 4) is 11.4 Å². The van der Waals surface area contributed by atoms with Gasteiger partial charge in [0, 0.05) is 48.2 Å². The largest absolute Gasteiger partial charge is 0.394 e. The smallest absolute Gasteiger partial charge is 0.183 e. The number of nitrogens with one attached hydrogen (secondary N) is 1. The molecule has 0 radical (unpaired) electrons. The van der Waals surface area contributed by atoms with E-state index in [0.29, 0.717) is 24.8 Å². The quantitative estimate of drug-likeness (QED) is 0.695. The molecule has 2 N–H and O–H groups in total. The van der Waals surface area contributed by atoms with E-state index in [1.807, 2.05) is 29.1 Å². The number of aliphatic hydroxyl groups excluding tert-OH is 1. The number of morpholine rings is 1. The Labute approximate surface area is 159 Å². The summed E-state index contributed by atoms with van der Waals surface area (Å²) in [6.45, 7) is 7.51. The van der Waals surface area contributed by atoms with Gasteiger partial charge in [-0.15, -0.1) is 0 Å². The monoisotopic (exact) mass is 369 g/mol. The number of aromatic amines is 1. The summed E-state index contributed by atoms with van der Waals surface area (Å²) in [5.41, 5.74) is 2.05. The zero-order valence-electron chi connectivity index (χ0n) is 15.9. The number of para-hydroxylation sites is 1. The maximum Gasteiger partial charge on any atom is 0.183 e. The summed E-state index contributed by atoms with van der Waals surface area (Å²) in [6, 6.07) is 8.64. The molecule has 1 saturated heterocycles. The molecule has 0 aliphatic carbocycles. The van der Waals surface area contributed by atoms with Crippen LogP contribution in [0.2, 0.25) is 0 Å². The van der Waals surface area contributed by atoms with Crippen LogP contribution in [0, 0.1) is 0 Å². The lowest BCUT2D eigenvalue weighted by atomic mass is 10.1.